The molecule has 0 heterocycles. The largest absolute Gasteiger partial charge is 0.481 e. The van der Waals surface area contributed by atoms with E-state index >= 15 is 0 Å². The van der Waals surface area contributed by atoms with Crippen LogP contribution in [0, 0.1) is 17.3 Å². The number of hydrogen-bond donors (Lipinski definition) is 1. The molecule has 0 unspecified atom stereocenters. The van der Waals surface area contributed by atoms with E-state index in [4.69, 9.17) is 14.0 Å². The molecule has 0 radical (unpaired) electrons. The summed E-state index contributed by atoms with van der Waals surface area (Å²) in [5.74, 6) is 1.21. The molecule has 270 valence electrons. The minimum atomic E-state index is -2.00. The molecule has 1 rings (SSSR count). The van der Waals surface area contributed by atoms with Crippen molar-refractivity contribution < 1.29 is 18.8 Å². The van der Waals surface area contributed by atoms with E-state index in [1.807, 2.05) is 11.8 Å². The maximum atomic E-state index is 11.0. The third kappa shape index (κ3) is 15.5. The van der Waals surface area contributed by atoms with Crippen LogP contribution in [0.25, 0.3) is 0 Å². The van der Waals surface area contributed by atoms with Crippen LogP contribution in [0.1, 0.15) is 147 Å². The fourth-order valence-corrected chi connectivity index (χ4v) is 9.48. The van der Waals surface area contributed by atoms with Crippen molar-refractivity contribution in [1.82, 2.24) is 0 Å². The van der Waals surface area contributed by atoms with Crippen molar-refractivity contribution in [3.63, 3.8) is 0 Å². The van der Waals surface area contributed by atoms with Crippen molar-refractivity contribution in [2.45, 2.75) is 195 Å². The Labute approximate surface area is 293 Å². The topological polar surface area (TPSA) is 55.8 Å². The molecule has 0 saturated carbocycles. The lowest BCUT2D eigenvalue weighted by atomic mass is 9.88. The molecule has 0 aromatic rings. The van der Waals surface area contributed by atoms with E-state index in [-0.39, 0.29) is 40.0 Å². The Balaban J connectivity index is 3.54. The highest BCUT2D eigenvalue weighted by atomic mass is 32.2. The molecule has 0 bridgehead atoms. The Morgan fingerprint density at radius 1 is 0.957 bits per heavy atom. The first-order chi connectivity index (χ1) is 20.9. The van der Waals surface area contributed by atoms with Gasteiger partial charge < -0.3 is 14.0 Å². The summed E-state index contributed by atoms with van der Waals surface area (Å²) in [5.41, 5.74) is 1.86. The van der Waals surface area contributed by atoms with Crippen LogP contribution in [0.2, 0.25) is 36.3 Å². The minimum Gasteiger partial charge on any atom is -0.481 e. The maximum Gasteiger partial charge on any atom is 0.303 e. The number of carbonyl (C=O) groups is 1. The van der Waals surface area contributed by atoms with Crippen LogP contribution in [0.5, 0.6) is 0 Å². The summed E-state index contributed by atoms with van der Waals surface area (Å²) in [6.45, 7) is 35.4. The molecule has 0 amide bonds. The van der Waals surface area contributed by atoms with Crippen molar-refractivity contribution in [3.05, 3.63) is 22.6 Å². The van der Waals surface area contributed by atoms with Gasteiger partial charge >= 0.3 is 5.97 Å². The van der Waals surface area contributed by atoms with Crippen molar-refractivity contribution in [3.8, 4) is 0 Å². The average molecular weight is 697 g/mol. The highest BCUT2D eigenvalue weighted by Crippen LogP contribution is 2.48. The summed E-state index contributed by atoms with van der Waals surface area (Å²) in [6, 6.07) is 0. The second-order valence-corrected chi connectivity index (χ2v) is 29.2. The van der Waals surface area contributed by atoms with E-state index in [0.29, 0.717) is 5.92 Å². The zero-order valence-electron chi connectivity index (χ0n) is 33.0. The lowest BCUT2D eigenvalue weighted by Crippen LogP contribution is -2.45. The molecule has 0 spiro atoms. The van der Waals surface area contributed by atoms with Crippen molar-refractivity contribution in [2.24, 2.45) is 17.3 Å². The Morgan fingerprint density at radius 2 is 1.57 bits per heavy atom. The summed E-state index contributed by atoms with van der Waals surface area (Å²) in [5, 5.41) is 9.40. The number of carboxylic acids is 1. The number of carboxylic acid groups (broad SMARTS) is 1. The molecular formula is C39H76O4SSi2. The van der Waals surface area contributed by atoms with Gasteiger partial charge in [-0.25, -0.2) is 0 Å². The smallest absolute Gasteiger partial charge is 0.303 e. The van der Waals surface area contributed by atoms with Gasteiger partial charge in [-0.2, -0.15) is 0 Å². The zero-order chi connectivity index (χ0) is 35.6. The monoisotopic (exact) mass is 697 g/mol. The summed E-state index contributed by atoms with van der Waals surface area (Å²) in [6.07, 6.45) is 16.4. The van der Waals surface area contributed by atoms with Crippen LogP contribution in [-0.4, -0.2) is 45.7 Å². The van der Waals surface area contributed by atoms with E-state index in [1.54, 1.807) is 5.57 Å². The first kappa shape index (κ1) is 43.7. The Hall–Kier alpha value is -0.346. The molecular weight excluding hydrogens is 621 g/mol. The second kappa shape index (κ2) is 18.6. The first-order valence-electron chi connectivity index (χ1n) is 18.5. The molecule has 0 aliphatic heterocycles. The predicted molar refractivity (Wildman–Crippen MR) is 209 cm³/mol. The molecule has 1 aliphatic rings. The van der Waals surface area contributed by atoms with Crippen LogP contribution in [0.4, 0.5) is 0 Å². The number of rotatable bonds is 20. The predicted octanol–water partition coefficient (Wildman–Crippen LogP) is 13.0. The summed E-state index contributed by atoms with van der Waals surface area (Å²) in [4.78, 5) is 12.6. The molecule has 0 aromatic heterocycles. The first-order valence-corrected chi connectivity index (χ1v) is 25.3. The Bertz CT molecular complexity index is 981. The van der Waals surface area contributed by atoms with Gasteiger partial charge in [0.25, 0.3) is 0 Å². The molecule has 1 aliphatic carbocycles. The summed E-state index contributed by atoms with van der Waals surface area (Å²) >= 11 is 2.03. The van der Waals surface area contributed by atoms with Gasteiger partial charge in [-0.15, -0.1) is 11.8 Å². The molecule has 7 heteroatoms. The standard InChI is InChI=1S/C39H76O4SSi2/c1-16-17-21-30(2)28-32(42-45(12,13)38(6,7)8)23-24-33-34(43-46(14,15)39(9,10)11)29-31(25-26-37(3,4)5)36(33)44-27-20-18-19-22-35(40)41/h23-24,30,32-34H,16-22,25-29H2,1-15H3,(H,40,41)/t30-,32-,33+,34-/m1/s1. The van der Waals surface area contributed by atoms with Gasteiger partial charge in [0.1, 0.15) is 0 Å². The van der Waals surface area contributed by atoms with E-state index < -0.39 is 22.6 Å². The highest BCUT2D eigenvalue weighted by molar-refractivity contribution is 8.03. The van der Waals surface area contributed by atoms with Gasteiger partial charge in [0.15, 0.2) is 16.6 Å². The number of aliphatic carboxylic acids is 1. The zero-order valence-corrected chi connectivity index (χ0v) is 35.8. The molecule has 0 saturated heterocycles. The molecule has 4 nitrogen and oxygen atoms in total. The van der Waals surface area contributed by atoms with Gasteiger partial charge in [-0.1, -0.05) is 120 Å². The van der Waals surface area contributed by atoms with E-state index in [9.17, 15) is 4.79 Å². The number of thioether (sulfide) groups is 1. The molecule has 46 heavy (non-hydrogen) atoms. The quantitative estimate of drug-likeness (QED) is 0.0780. The summed E-state index contributed by atoms with van der Waals surface area (Å²) in [7, 11) is -3.96. The molecule has 0 fully saturated rings. The normalized spacial score (nSPS) is 20.2. The van der Waals surface area contributed by atoms with Crippen LogP contribution in [0.3, 0.4) is 0 Å². The third-order valence-electron chi connectivity index (χ3n) is 10.7. The summed E-state index contributed by atoms with van der Waals surface area (Å²) < 4.78 is 14.4. The minimum absolute atomic E-state index is 0.113. The van der Waals surface area contributed by atoms with Crippen LogP contribution in [0.15, 0.2) is 22.6 Å². The lowest BCUT2D eigenvalue weighted by molar-refractivity contribution is -0.137. The van der Waals surface area contributed by atoms with Crippen molar-refractivity contribution in [1.29, 1.82) is 0 Å². The van der Waals surface area contributed by atoms with Crippen molar-refractivity contribution in [2.75, 3.05) is 5.75 Å². The van der Waals surface area contributed by atoms with Crippen LogP contribution in [-0.2, 0) is 13.6 Å². The van der Waals surface area contributed by atoms with Crippen LogP contribution >= 0.6 is 11.8 Å². The van der Waals surface area contributed by atoms with E-state index in [0.717, 1.165) is 44.3 Å². The SMILES string of the molecule is CCCC[C@@H](C)C[C@@H](C=C[C@@H]1C(SCCCCCC(=O)O)=C(CCC(C)(C)C)C[C@H]1O[Si](C)(C)C(C)(C)C)O[Si](C)(C)C(C)(C)C. The molecule has 0 aromatic carbocycles. The average Bonchev–Trinajstić information content (AvgIpc) is 3.19. The Kier molecular flexibility index (Phi) is 17.7. The molecule has 4 atom stereocenters. The Morgan fingerprint density at radius 3 is 2.09 bits per heavy atom. The lowest BCUT2D eigenvalue weighted by Gasteiger charge is -2.40. The number of hydrogen-bond acceptors (Lipinski definition) is 4. The van der Waals surface area contributed by atoms with E-state index in [2.05, 4.69) is 115 Å². The van der Waals surface area contributed by atoms with Gasteiger partial charge in [0.2, 0.25) is 0 Å². The van der Waals surface area contributed by atoms with Crippen molar-refractivity contribution >= 4 is 34.4 Å². The van der Waals surface area contributed by atoms with Gasteiger partial charge in [0, 0.05) is 12.3 Å². The van der Waals surface area contributed by atoms with Gasteiger partial charge in [0.05, 0.1) is 12.2 Å². The second-order valence-electron chi connectivity index (χ2n) is 18.5. The maximum absolute atomic E-state index is 11.0. The van der Waals surface area contributed by atoms with Gasteiger partial charge in [-0.3, -0.25) is 4.79 Å². The fraction of sp³-hybridized carbons (Fsp3) is 0.872. The van der Waals surface area contributed by atoms with Gasteiger partial charge in [-0.05, 0) is 96.8 Å². The number of unbranched alkanes of at least 4 members (excludes halogenated alkanes) is 3. The van der Waals surface area contributed by atoms with E-state index in [1.165, 1.54) is 30.6 Å². The highest BCUT2D eigenvalue weighted by Gasteiger charge is 2.44. The fourth-order valence-electron chi connectivity index (χ4n) is 5.47. The van der Waals surface area contributed by atoms with Crippen LogP contribution < -0.4 is 0 Å². The molecule has 1 N–H and O–H groups in total. The third-order valence-corrected chi connectivity index (χ3v) is 21.1.